The van der Waals surface area contributed by atoms with Gasteiger partial charge in [0.25, 0.3) is 0 Å². The number of aliphatic hydroxyl groups is 1. The normalized spacial score (nSPS) is 15.2. The standard InChI is InChI=1S/C49H74NO9P/c1-3-5-7-9-11-12-13-14-15-16-17-18-19-20-21-25-28-32-36-40-48(52)56-44-47(45-58-60(54,55)57-43-42-50)59-49(53)41-37-33-29-26-23-22-24-27-31-35-39-46(51)38-34-30-10-8-6-4-2/h5-8,11-12,14-15,17-18,20-23,27-35,39,46-47,51H,3-4,9-10,13,16,19,24-26,36-38,40-45,50H2,1-2H3,(H,54,55)/b7-5-,8-6-,12-11-,15-14-,18-17-,21-20-,23-22-,31-27-,32-28-,33-29-,34-30-,39-35+/t46?,47-/m1/s1. The van der Waals surface area contributed by atoms with E-state index in [9.17, 15) is 24.2 Å². The van der Waals surface area contributed by atoms with Crippen LogP contribution >= 0.6 is 7.82 Å². The van der Waals surface area contributed by atoms with Crippen LogP contribution in [0.1, 0.15) is 110 Å². The van der Waals surface area contributed by atoms with Gasteiger partial charge in [0.1, 0.15) is 6.61 Å². The van der Waals surface area contributed by atoms with Gasteiger partial charge in [0.05, 0.1) is 19.3 Å². The van der Waals surface area contributed by atoms with Crippen LogP contribution in [0, 0.1) is 0 Å². The first-order chi connectivity index (χ1) is 29.2. The molecule has 0 fully saturated rings. The van der Waals surface area contributed by atoms with Gasteiger partial charge in [-0.25, -0.2) is 4.57 Å². The lowest BCUT2D eigenvalue weighted by molar-refractivity contribution is -0.161. The Balaban J connectivity index is 4.50. The Morgan fingerprint density at radius 2 is 1.00 bits per heavy atom. The average Bonchev–Trinajstić information content (AvgIpc) is 3.23. The van der Waals surface area contributed by atoms with Gasteiger partial charge in [0.2, 0.25) is 0 Å². The quantitative estimate of drug-likeness (QED) is 0.0238. The summed E-state index contributed by atoms with van der Waals surface area (Å²) in [6.45, 7) is 3.20. The summed E-state index contributed by atoms with van der Waals surface area (Å²) >= 11 is 0. The molecule has 60 heavy (non-hydrogen) atoms. The van der Waals surface area contributed by atoms with Crippen LogP contribution in [0.4, 0.5) is 0 Å². The van der Waals surface area contributed by atoms with Crippen molar-refractivity contribution in [3.63, 3.8) is 0 Å². The highest BCUT2D eigenvalue weighted by Gasteiger charge is 2.25. The van der Waals surface area contributed by atoms with Gasteiger partial charge in [0.15, 0.2) is 6.10 Å². The van der Waals surface area contributed by atoms with Crippen molar-refractivity contribution in [1.29, 1.82) is 0 Å². The number of rotatable bonds is 37. The Labute approximate surface area is 361 Å². The fourth-order valence-electron chi connectivity index (χ4n) is 4.71. The molecule has 0 saturated carbocycles. The maximum absolute atomic E-state index is 12.6. The minimum Gasteiger partial charge on any atom is -0.462 e. The lowest BCUT2D eigenvalue weighted by Gasteiger charge is -2.19. The fraction of sp³-hybridized carbons (Fsp3) is 0.469. The van der Waals surface area contributed by atoms with Crippen molar-refractivity contribution in [1.82, 2.24) is 0 Å². The molecule has 0 aromatic heterocycles. The number of phosphoric acid groups is 1. The molecule has 0 aliphatic carbocycles. The summed E-state index contributed by atoms with van der Waals surface area (Å²) in [5, 5.41) is 10.00. The number of hydrogen-bond acceptors (Lipinski definition) is 9. The first-order valence-electron chi connectivity index (χ1n) is 21.4. The van der Waals surface area contributed by atoms with Gasteiger partial charge in [-0.2, -0.15) is 0 Å². The number of esters is 2. The van der Waals surface area contributed by atoms with E-state index >= 15 is 0 Å². The average molecular weight is 852 g/mol. The Morgan fingerprint density at radius 3 is 1.48 bits per heavy atom. The van der Waals surface area contributed by atoms with E-state index in [2.05, 4.69) is 92.8 Å². The topological polar surface area (TPSA) is 155 Å². The molecular formula is C49H74NO9P. The van der Waals surface area contributed by atoms with E-state index in [1.165, 1.54) is 0 Å². The minimum atomic E-state index is -4.44. The molecule has 3 atom stereocenters. The fourth-order valence-corrected chi connectivity index (χ4v) is 5.47. The number of nitrogens with two attached hydrogens (primary N) is 1. The van der Waals surface area contributed by atoms with Gasteiger partial charge >= 0.3 is 19.8 Å². The van der Waals surface area contributed by atoms with E-state index in [0.29, 0.717) is 25.7 Å². The summed E-state index contributed by atoms with van der Waals surface area (Å²) in [5.74, 6) is -1.07. The van der Waals surface area contributed by atoms with Crippen LogP contribution in [0.2, 0.25) is 0 Å². The third kappa shape index (κ3) is 42.0. The molecule has 0 aliphatic heterocycles. The number of aliphatic hydroxyl groups excluding tert-OH is 1. The molecule has 0 aromatic carbocycles. The minimum absolute atomic E-state index is 0.0147. The van der Waals surface area contributed by atoms with Crippen molar-refractivity contribution < 1.29 is 42.7 Å². The number of ether oxygens (including phenoxy) is 2. The molecule has 0 rings (SSSR count). The molecule has 4 N–H and O–H groups in total. The third-order valence-corrected chi connectivity index (χ3v) is 8.81. The van der Waals surface area contributed by atoms with Gasteiger partial charge in [-0.1, -0.05) is 160 Å². The van der Waals surface area contributed by atoms with Crippen molar-refractivity contribution in [3.8, 4) is 0 Å². The van der Waals surface area contributed by atoms with Gasteiger partial charge in [-0.15, -0.1) is 0 Å². The van der Waals surface area contributed by atoms with Gasteiger partial charge in [-0.3, -0.25) is 18.6 Å². The lowest BCUT2D eigenvalue weighted by Crippen LogP contribution is -2.29. The Bertz CT molecular complexity index is 1500. The van der Waals surface area contributed by atoms with Crippen molar-refractivity contribution in [2.45, 2.75) is 122 Å². The summed E-state index contributed by atoms with van der Waals surface area (Å²) in [5.41, 5.74) is 5.33. The molecule has 0 bridgehead atoms. The maximum Gasteiger partial charge on any atom is 0.472 e. The van der Waals surface area contributed by atoms with E-state index in [1.807, 2.05) is 60.8 Å². The maximum atomic E-state index is 12.6. The van der Waals surface area contributed by atoms with Crippen LogP contribution in [0.15, 0.2) is 146 Å². The molecule has 2 unspecified atom stereocenters. The van der Waals surface area contributed by atoms with Crippen molar-refractivity contribution >= 4 is 19.8 Å². The molecular weight excluding hydrogens is 778 g/mol. The number of allylic oxidation sites excluding steroid dienone is 22. The number of phosphoric ester groups is 1. The summed E-state index contributed by atoms with van der Waals surface area (Å²) in [6.07, 6.45) is 57.9. The Kier molecular flexibility index (Phi) is 40.0. The second-order valence-electron chi connectivity index (χ2n) is 13.3. The van der Waals surface area contributed by atoms with E-state index in [-0.39, 0.29) is 32.6 Å². The van der Waals surface area contributed by atoms with Crippen molar-refractivity contribution in [2.24, 2.45) is 5.73 Å². The highest BCUT2D eigenvalue weighted by molar-refractivity contribution is 7.47. The monoisotopic (exact) mass is 852 g/mol. The predicted molar refractivity (Wildman–Crippen MR) is 248 cm³/mol. The first-order valence-corrected chi connectivity index (χ1v) is 22.9. The van der Waals surface area contributed by atoms with E-state index in [4.69, 9.17) is 24.3 Å². The lowest BCUT2D eigenvalue weighted by atomic mass is 10.2. The molecule has 334 valence electrons. The largest absolute Gasteiger partial charge is 0.472 e. The van der Waals surface area contributed by atoms with Gasteiger partial charge in [0, 0.05) is 19.4 Å². The Morgan fingerprint density at radius 1 is 0.567 bits per heavy atom. The van der Waals surface area contributed by atoms with Crippen LogP contribution in [0.5, 0.6) is 0 Å². The molecule has 11 heteroatoms. The smallest absolute Gasteiger partial charge is 0.462 e. The van der Waals surface area contributed by atoms with Crippen LogP contribution in [-0.2, 0) is 32.7 Å². The highest BCUT2D eigenvalue weighted by atomic mass is 31.2. The highest BCUT2D eigenvalue weighted by Crippen LogP contribution is 2.43. The van der Waals surface area contributed by atoms with Crippen LogP contribution in [-0.4, -0.2) is 60.5 Å². The number of carbonyl (C=O) groups is 2. The molecule has 0 radical (unpaired) electrons. The third-order valence-electron chi connectivity index (χ3n) is 7.83. The first kappa shape index (κ1) is 55.9. The molecule has 0 saturated heterocycles. The summed E-state index contributed by atoms with van der Waals surface area (Å²) in [6, 6.07) is 0. The summed E-state index contributed by atoms with van der Waals surface area (Å²) in [7, 11) is -4.44. The molecule has 0 aliphatic rings. The summed E-state index contributed by atoms with van der Waals surface area (Å²) in [4.78, 5) is 34.8. The summed E-state index contributed by atoms with van der Waals surface area (Å²) < 4.78 is 32.6. The number of carbonyl (C=O) groups excluding carboxylic acids is 2. The molecule has 0 aromatic rings. The second kappa shape index (κ2) is 43.0. The van der Waals surface area contributed by atoms with Gasteiger partial charge < -0.3 is 25.2 Å². The second-order valence-corrected chi connectivity index (χ2v) is 14.7. The zero-order valence-corrected chi connectivity index (χ0v) is 37.1. The van der Waals surface area contributed by atoms with Crippen LogP contribution < -0.4 is 5.73 Å². The van der Waals surface area contributed by atoms with E-state index in [1.54, 1.807) is 6.08 Å². The van der Waals surface area contributed by atoms with Gasteiger partial charge in [-0.05, 0) is 83.5 Å². The molecule has 0 heterocycles. The Hall–Kier alpha value is -4.15. The van der Waals surface area contributed by atoms with Crippen LogP contribution in [0.25, 0.3) is 0 Å². The van der Waals surface area contributed by atoms with Crippen molar-refractivity contribution in [2.75, 3.05) is 26.4 Å². The van der Waals surface area contributed by atoms with Crippen molar-refractivity contribution in [3.05, 3.63) is 146 Å². The zero-order valence-electron chi connectivity index (χ0n) is 36.2. The molecule has 0 amide bonds. The molecule has 10 nitrogen and oxygen atoms in total. The predicted octanol–water partition coefficient (Wildman–Crippen LogP) is 11.5. The van der Waals surface area contributed by atoms with E-state index in [0.717, 1.165) is 57.8 Å². The number of hydrogen-bond donors (Lipinski definition) is 3. The van der Waals surface area contributed by atoms with E-state index < -0.39 is 38.6 Å². The van der Waals surface area contributed by atoms with Crippen LogP contribution in [0.3, 0.4) is 0 Å². The SMILES string of the molecule is CC/C=C\C/C=C\C/C=C\C/C=C\C/C=C\C/C=C\CCC(=O)OC[C@H](COP(=O)(O)OCCN)OC(=O)CC/C=C\C/C=C\C/C=C\C=C\C(O)C/C=C\C/C=C\CC. The zero-order chi connectivity index (χ0) is 44.0. The molecule has 0 spiro atoms.